The first kappa shape index (κ1) is 13.2. The van der Waals surface area contributed by atoms with Crippen LogP contribution in [0, 0.1) is 5.41 Å². The first-order valence-corrected chi connectivity index (χ1v) is 7.44. The summed E-state index contributed by atoms with van der Waals surface area (Å²) in [6.45, 7) is 4.71. The van der Waals surface area contributed by atoms with E-state index in [9.17, 15) is 0 Å². The number of benzene rings is 1. The van der Waals surface area contributed by atoms with Crippen LogP contribution in [-0.4, -0.2) is 11.0 Å². The minimum absolute atomic E-state index is 0.436. The van der Waals surface area contributed by atoms with Crippen LogP contribution in [-0.2, 0) is 0 Å². The van der Waals surface area contributed by atoms with E-state index >= 15 is 0 Å². The maximum atomic E-state index is 6.31. The third kappa shape index (κ3) is 2.58. The molecule has 1 atom stereocenters. The van der Waals surface area contributed by atoms with Gasteiger partial charge < -0.3 is 11.1 Å². The van der Waals surface area contributed by atoms with Gasteiger partial charge in [-0.1, -0.05) is 26.3 Å². The maximum absolute atomic E-state index is 6.31. The number of aromatic nitrogens is 1. The molecule has 3 nitrogen and oxygen atoms in total. The highest BCUT2D eigenvalue weighted by molar-refractivity contribution is 5.98. The lowest BCUT2D eigenvalue weighted by Crippen LogP contribution is -2.31. The number of nitrogens with zero attached hydrogens (tertiary/aromatic N) is 1. The Labute approximate surface area is 120 Å². The summed E-state index contributed by atoms with van der Waals surface area (Å²) in [7, 11) is 0. The Bertz CT molecular complexity index is 619. The Kier molecular flexibility index (Phi) is 3.28. The van der Waals surface area contributed by atoms with Crippen molar-refractivity contribution in [2.24, 2.45) is 5.41 Å². The second-order valence-electron chi connectivity index (χ2n) is 6.73. The number of hydrogen-bond donors (Lipinski definition) is 2. The summed E-state index contributed by atoms with van der Waals surface area (Å²) in [6.07, 6.45) is 8.72. The molecule has 1 heterocycles. The van der Waals surface area contributed by atoms with Crippen LogP contribution < -0.4 is 11.1 Å². The molecule has 0 aliphatic heterocycles. The first-order valence-electron chi connectivity index (χ1n) is 7.44. The molecule has 1 fully saturated rings. The van der Waals surface area contributed by atoms with Crippen LogP contribution in [0.4, 0.5) is 11.4 Å². The predicted octanol–water partition coefficient (Wildman–Crippen LogP) is 4.20. The molecule has 0 spiro atoms. The number of rotatable bonds is 2. The van der Waals surface area contributed by atoms with Gasteiger partial charge in [0.25, 0.3) is 0 Å². The number of nitrogen functional groups attached to an aromatic ring is 1. The highest BCUT2D eigenvalue weighted by Crippen LogP contribution is 2.37. The molecule has 0 radical (unpaired) electrons. The molecule has 3 rings (SSSR count). The summed E-state index contributed by atoms with van der Waals surface area (Å²) in [5.41, 5.74) is 8.65. The second-order valence-corrected chi connectivity index (χ2v) is 6.73. The predicted molar refractivity (Wildman–Crippen MR) is 85.8 cm³/mol. The monoisotopic (exact) mass is 269 g/mol. The Balaban J connectivity index is 1.86. The largest absolute Gasteiger partial charge is 0.397 e. The molecule has 2 aromatic rings. The number of anilines is 2. The standard InChI is InChI=1S/C17H23N3/c1-17(2)8-3-4-13(10-17)20-15-6-5-12-11-19-9-7-14(12)16(15)18/h5-7,9,11,13,20H,3-4,8,10,18H2,1-2H3. The molecule has 1 unspecified atom stereocenters. The fourth-order valence-electron chi connectivity index (χ4n) is 3.36. The van der Waals surface area contributed by atoms with E-state index in [1.54, 1.807) is 6.20 Å². The van der Waals surface area contributed by atoms with Gasteiger partial charge in [0.05, 0.1) is 11.4 Å². The molecule has 1 aliphatic carbocycles. The summed E-state index contributed by atoms with van der Waals surface area (Å²) in [5.74, 6) is 0. The smallest absolute Gasteiger partial charge is 0.0630 e. The van der Waals surface area contributed by atoms with Crippen LogP contribution in [0.3, 0.4) is 0 Å². The third-order valence-corrected chi connectivity index (χ3v) is 4.43. The van der Waals surface area contributed by atoms with Crippen molar-refractivity contribution in [3.63, 3.8) is 0 Å². The molecule has 106 valence electrons. The van der Waals surface area contributed by atoms with Gasteiger partial charge in [0.1, 0.15) is 0 Å². The molecule has 0 amide bonds. The van der Waals surface area contributed by atoms with Gasteiger partial charge in [-0.25, -0.2) is 0 Å². The highest BCUT2D eigenvalue weighted by atomic mass is 14.9. The van der Waals surface area contributed by atoms with Gasteiger partial charge in [-0.2, -0.15) is 0 Å². The molecule has 1 saturated carbocycles. The van der Waals surface area contributed by atoms with Gasteiger partial charge in [-0.3, -0.25) is 4.98 Å². The third-order valence-electron chi connectivity index (χ3n) is 4.43. The van der Waals surface area contributed by atoms with E-state index < -0.39 is 0 Å². The van der Waals surface area contributed by atoms with Crippen LogP contribution in [0.15, 0.2) is 30.6 Å². The van der Waals surface area contributed by atoms with Crippen molar-refractivity contribution >= 4 is 22.1 Å². The van der Waals surface area contributed by atoms with E-state index in [2.05, 4.69) is 36.3 Å². The Hall–Kier alpha value is -1.77. The van der Waals surface area contributed by atoms with Crippen molar-refractivity contribution < 1.29 is 0 Å². The zero-order chi connectivity index (χ0) is 14.2. The van der Waals surface area contributed by atoms with Crippen molar-refractivity contribution in [1.29, 1.82) is 0 Å². The Morgan fingerprint density at radius 1 is 1.30 bits per heavy atom. The van der Waals surface area contributed by atoms with E-state index in [-0.39, 0.29) is 0 Å². The van der Waals surface area contributed by atoms with Gasteiger partial charge in [0.2, 0.25) is 0 Å². The van der Waals surface area contributed by atoms with Crippen molar-refractivity contribution in [2.75, 3.05) is 11.1 Å². The van der Waals surface area contributed by atoms with Crippen LogP contribution >= 0.6 is 0 Å². The molecular formula is C17H23N3. The SMILES string of the molecule is CC1(C)CCCC(Nc2ccc3cnccc3c2N)C1. The van der Waals surface area contributed by atoms with E-state index in [1.807, 2.05) is 12.3 Å². The van der Waals surface area contributed by atoms with E-state index in [0.29, 0.717) is 11.5 Å². The summed E-state index contributed by atoms with van der Waals surface area (Å²) in [5, 5.41) is 5.83. The van der Waals surface area contributed by atoms with E-state index in [0.717, 1.165) is 22.1 Å². The van der Waals surface area contributed by atoms with Crippen molar-refractivity contribution in [3.05, 3.63) is 30.6 Å². The molecule has 1 aromatic carbocycles. The fraction of sp³-hybridized carbons (Fsp3) is 0.471. The van der Waals surface area contributed by atoms with Gasteiger partial charge in [0.15, 0.2) is 0 Å². The van der Waals surface area contributed by atoms with Crippen molar-refractivity contribution in [2.45, 2.75) is 45.6 Å². The van der Waals surface area contributed by atoms with Crippen molar-refractivity contribution in [1.82, 2.24) is 4.98 Å². The minimum Gasteiger partial charge on any atom is -0.397 e. The number of hydrogen-bond acceptors (Lipinski definition) is 3. The van der Waals surface area contributed by atoms with Crippen LogP contribution in [0.1, 0.15) is 39.5 Å². The second kappa shape index (κ2) is 4.97. The average Bonchev–Trinajstić information content (AvgIpc) is 2.41. The lowest BCUT2D eigenvalue weighted by molar-refractivity contribution is 0.229. The molecule has 0 bridgehead atoms. The summed E-state index contributed by atoms with van der Waals surface area (Å²) in [6, 6.07) is 6.69. The quantitative estimate of drug-likeness (QED) is 0.803. The minimum atomic E-state index is 0.436. The zero-order valence-corrected chi connectivity index (χ0v) is 12.3. The van der Waals surface area contributed by atoms with Crippen LogP contribution in [0.2, 0.25) is 0 Å². The summed E-state index contributed by atoms with van der Waals surface area (Å²) >= 11 is 0. The lowest BCUT2D eigenvalue weighted by Gasteiger charge is -2.36. The lowest BCUT2D eigenvalue weighted by atomic mass is 9.75. The van der Waals surface area contributed by atoms with Gasteiger partial charge in [0, 0.05) is 29.2 Å². The number of pyridine rings is 1. The Morgan fingerprint density at radius 3 is 2.95 bits per heavy atom. The van der Waals surface area contributed by atoms with Crippen molar-refractivity contribution in [3.8, 4) is 0 Å². The van der Waals surface area contributed by atoms with Crippen LogP contribution in [0.25, 0.3) is 10.8 Å². The number of fused-ring (bicyclic) bond motifs is 1. The highest BCUT2D eigenvalue weighted by Gasteiger charge is 2.28. The number of nitrogens with one attached hydrogen (secondary N) is 1. The molecular weight excluding hydrogens is 246 g/mol. The van der Waals surface area contributed by atoms with Gasteiger partial charge in [-0.05, 0) is 36.8 Å². The fourth-order valence-corrected chi connectivity index (χ4v) is 3.36. The average molecular weight is 269 g/mol. The van der Waals surface area contributed by atoms with E-state index in [4.69, 9.17) is 5.73 Å². The molecule has 20 heavy (non-hydrogen) atoms. The molecule has 1 aromatic heterocycles. The first-order chi connectivity index (χ1) is 9.55. The van der Waals surface area contributed by atoms with E-state index in [1.165, 1.54) is 25.7 Å². The molecule has 1 aliphatic rings. The topological polar surface area (TPSA) is 50.9 Å². The van der Waals surface area contributed by atoms with Gasteiger partial charge in [-0.15, -0.1) is 0 Å². The maximum Gasteiger partial charge on any atom is 0.0630 e. The summed E-state index contributed by atoms with van der Waals surface area (Å²) in [4.78, 5) is 4.14. The molecule has 3 heteroatoms. The van der Waals surface area contributed by atoms with Crippen LogP contribution in [0.5, 0.6) is 0 Å². The summed E-state index contributed by atoms with van der Waals surface area (Å²) < 4.78 is 0. The number of nitrogens with two attached hydrogens (primary N) is 1. The molecule has 0 saturated heterocycles. The zero-order valence-electron chi connectivity index (χ0n) is 12.3. The normalized spacial score (nSPS) is 21.8. The Morgan fingerprint density at radius 2 is 2.15 bits per heavy atom. The van der Waals surface area contributed by atoms with Gasteiger partial charge >= 0.3 is 0 Å². The molecule has 3 N–H and O–H groups in total.